The number of hydrogen-bond acceptors (Lipinski definition) is 4. The van der Waals surface area contributed by atoms with Crippen molar-refractivity contribution in [2.45, 2.75) is 50.5 Å². The highest BCUT2D eigenvalue weighted by molar-refractivity contribution is 5.81. The van der Waals surface area contributed by atoms with Crippen molar-refractivity contribution in [1.29, 1.82) is 0 Å². The van der Waals surface area contributed by atoms with E-state index in [9.17, 15) is 19.5 Å². The van der Waals surface area contributed by atoms with E-state index < -0.39 is 18.0 Å². The van der Waals surface area contributed by atoms with Gasteiger partial charge in [-0.2, -0.15) is 0 Å². The predicted molar refractivity (Wildman–Crippen MR) is 131 cm³/mol. The van der Waals surface area contributed by atoms with Crippen molar-refractivity contribution in [3.05, 3.63) is 59.7 Å². The molecule has 2 saturated carbocycles. The Morgan fingerprint density at radius 1 is 0.857 bits per heavy atom. The lowest BCUT2D eigenvalue weighted by Gasteiger charge is -2.24. The summed E-state index contributed by atoms with van der Waals surface area (Å²) in [4.78, 5) is 36.9. The van der Waals surface area contributed by atoms with E-state index in [1.165, 1.54) is 22.3 Å². The van der Waals surface area contributed by atoms with Crippen LogP contribution in [0.4, 0.5) is 4.79 Å². The van der Waals surface area contributed by atoms with E-state index in [4.69, 9.17) is 4.74 Å². The van der Waals surface area contributed by atoms with E-state index in [2.05, 4.69) is 34.9 Å². The molecular formula is C28H32N2O5. The number of alkyl carbamates (subject to hydrolysis) is 1. The fourth-order valence-electron chi connectivity index (χ4n) is 6.21. The van der Waals surface area contributed by atoms with Gasteiger partial charge in [-0.1, -0.05) is 61.4 Å². The van der Waals surface area contributed by atoms with Gasteiger partial charge in [-0.15, -0.1) is 0 Å². The Kier molecular flexibility index (Phi) is 6.75. The van der Waals surface area contributed by atoms with Crippen LogP contribution in [-0.4, -0.2) is 42.3 Å². The Morgan fingerprint density at radius 2 is 1.49 bits per heavy atom. The molecule has 2 amide bonds. The molecule has 2 unspecified atom stereocenters. The number of hydrogen-bond donors (Lipinski definition) is 3. The zero-order chi connectivity index (χ0) is 24.4. The summed E-state index contributed by atoms with van der Waals surface area (Å²) in [6.45, 7) is 0.633. The van der Waals surface area contributed by atoms with Gasteiger partial charge in [0.05, 0.1) is 5.92 Å². The molecule has 0 saturated heterocycles. The minimum atomic E-state index is -0.840. The number of nitrogens with one attached hydrogen (secondary N) is 2. The molecule has 35 heavy (non-hydrogen) atoms. The van der Waals surface area contributed by atoms with Crippen LogP contribution in [0, 0.1) is 17.8 Å². The largest absolute Gasteiger partial charge is 0.481 e. The van der Waals surface area contributed by atoms with Crippen LogP contribution in [0.25, 0.3) is 11.1 Å². The van der Waals surface area contributed by atoms with Gasteiger partial charge in [-0.05, 0) is 53.9 Å². The summed E-state index contributed by atoms with van der Waals surface area (Å²) in [6.07, 6.45) is 4.19. The standard InChI is InChI=1S/C28H32N2O5/c31-26(30-25-14-6-13-23(25)27(32)33)18-12-5-7-17(18)15-29-28(34)35-16-24-21-10-3-1-8-19(21)20-9-2-4-11-22(20)24/h1-4,8-11,17-18,23-25H,5-7,12-16H2,(H,29,34)(H,30,31)(H,32,33)/t17?,18?,23-,25+/m0/s1. The van der Waals surface area contributed by atoms with Gasteiger partial charge in [0.15, 0.2) is 0 Å². The van der Waals surface area contributed by atoms with Gasteiger partial charge in [-0.25, -0.2) is 4.79 Å². The van der Waals surface area contributed by atoms with Crippen molar-refractivity contribution in [3.8, 4) is 11.1 Å². The third-order valence-corrected chi connectivity index (χ3v) is 8.01. The van der Waals surface area contributed by atoms with Crippen molar-refractivity contribution < 1.29 is 24.2 Å². The van der Waals surface area contributed by atoms with Crippen molar-refractivity contribution >= 4 is 18.0 Å². The molecule has 3 aliphatic carbocycles. The molecule has 0 heterocycles. The third-order valence-electron chi connectivity index (χ3n) is 8.01. The van der Waals surface area contributed by atoms with Crippen LogP contribution in [-0.2, 0) is 14.3 Å². The van der Waals surface area contributed by atoms with E-state index in [0.29, 0.717) is 19.4 Å². The molecule has 4 atom stereocenters. The maximum atomic E-state index is 12.9. The second-order valence-corrected chi connectivity index (χ2v) is 9.99. The van der Waals surface area contributed by atoms with Crippen LogP contribution in [0.1, 0.15) is 55.6 Å². The van der Waals surface area contributed by atoms with E-state index in [1.54, 1.807) is 0 Å². The summed E-state index contributed by atoms with van der Waals surface area (Å²) in [5.41, 5.74) is 4.70. The molecule has 7 nitrogen and oxygen atoms in total. The molecule has 0 aromatic heterocycles. The smallest absolute Gasteiger partial charge is 0.407 e. The van der Waals surface area contributed by atoms with Crippen LogP contribution < -0.4 is 10.6 Å². The molecule has 184 valence electrons. The van der Waals surface area contributed by atoms with Crippen LogP contribution in [0.2, 0.25) is 0 Å². The Labute approximate surface area is 205 Å². The lowest BCUT2D eigenvalue weighted by Crippen LogP contribution is -2.45. The molecular weight excluding hydrogens is 444 g/mol. The molecule has 7 heteroatoms. The number of benzene rings is 2. The summed E-state index contributed by atoms with van der Waals surface area (Å²) in [6, 6.07) is 16.1. The molecule has 2 fully saturated rings. The van der Waals surface area contributed by atoms with Crippen LogP contribution in [0.15, 0.2) is 48.5 Å². The van der Waals surface area contributed by atoms with Gasteiger partial charge in [0.25, 0.3) is 0 Å². The average molecular weight is 477 g/mol. The lowest BCUT2D eigenvalue weighted by atomic mass is 9.94. The third kappa shape index (κ3) is 4.77. The number of rotatable bonds is 7. The quantitative estimate of drug-likeness (QED) is 0.552. The highest BCUT2D eigenvalue weighted by Crippen LogP contribution is 2.44. The SMILES string of the molecule is O=C(NCC1CCCC1C(=O)N[C@@H]1CCC[C@@H]1C(=O)O)OCC1c2ccccc2-c2ccccc21. The molecule has 0 bridgehead atoms. The number of aliphatic carboxylic acids is 1. The first-order valence-corrected chi connectivity index (χ1v) is 12.6. The van der Waals surface area contributed by atoms with E-state index in [1.807, 2.05) is 24.3 Å². The molecule has 5 rings (SSSR count). The molecule has 2 aromatic rings. The Hall–Kier alpha value is -3.35. The molecule has 3 N–H and O–H groups in total. The monoisotopic (exact) mass is 476 g/mol. The minimum Gasteiger partial charge on any atom is -0.481 e. The molecule has 0 spiro atoms. The van der Waals surface area contributed by atoms with Crippen LogP contribution in [0.3, 0.4) is 0 Å². The van der Waals surface area contributed by atoms with Crippen molar-refractivity contribution in [2.24, 2.45) is 17.8 Å². The number of carbonyl (C=O) groups is 3. The fraction of sp³-hybridized carbons (Fsp3) is 0.464. The summed E-state index contributed by atoms with van der Waals surface area (Å²) < 4.78 is 5.63. The number of ether oxygens (including phenoxy) is 1. The first-order valence-electron chi connectivity index (χ1n) is 12.6. The second-order valence-electron chi connectivity index (χ2n) is 9.99. The number of carbonyl (C=O) groups excluding carboxylic acids is 2. The maximum Gasteiger partial charge on any atom is 0.407 e. The molecule has 2 aromatic carbocycles. The number of fused-ring (bicyclic) bond motifs is 3. The molecule has 0 radical (unpaired) electrons. The van der Waals surface area contributed by atoms with Gasteiger partial charge in [0.1, 0.15) is 6.61 Å². The average Bonchev–Trinajstić information content (AvgIpc) is 3.59. The molecule has 3 aliphatic rings. The van der Waals surface area contributed by atoms with Crippen molar-refractivity contribution in [2.75, 3.05) is 13.2 Å². The first kappa shape index (κ1) is 23.4. The first-order chi connectivity index (χ1) is 17.0. The second kappa shape index (κ2) is 10.1. The zero-order valence-electron chi connectivity index (χ0n) is 19.7. The topological polar surface area (TPSA) is 105 Å². The summed E-state index contributed by atoms with van der Waals surface area (Å²) in [7, 11) is 0. The van der Waals surface area contributed by atoms with Crippen molar-refractivity contribution in [1.82, 2.24) is 10.6 Å². The summed E-state index contributed by atoms with van der Waals surface area (Å²) in [5, 5.41) is 15.2. The van der Waals surface area contributed by atoms with Gasteiger partial charge in [-0.3, -0.25) is 9.59 Å². The summed E-state index contributed by atoms with van der Waals surface area (Å²) >= 11 is 0. The zero-order valence-corrected chi connectivity index (χ0v) is 19.7. The highest BCUT2D eigenvalue weighted by atomic mass is 16.5. The number of carboxylic acids is 1. The maximum absolute atomic E-state index is 12.9. The Bertz CT molecular complexity index is 1070. The number of amides is 2. The van der Waals surface area contributed by atoms with E-state index >= 15 is 0 Å². The molecule has 0 aliphatic heterocycles. The predicted octanol–water partition coefficient (Wildman–Crippen LogP) is 4.31. The Balaban J connectivity index is 1.14. The van der Waals surface area contributed by atoms with Crippen LogP contribution >= 0.6 is 0 Å². The van der Waals surface area contributed by atoms with E-state index in [-0.39, 0.29) is 36.3 Å². The van der Waals surface area contributed by atoms with E-state index in [0.717, 1.165) is 25.7 Å². The minimum absolute atomic E-state index is 0.00625. The Morgan fingerprint density at radius 3 is 2.17 bits per heavy atom. The van der Waals surface area contributed by atoms with Gasteiger partial charge in [0, 0.05) is 24.4 Å². The summed E-state index contributed by atoms with van der Waals surface area (Å²) in [5.74, 6) is -1.60. The fourth-order valence-corrected chi connectivity index (χ4v) is 6.21. The number of carboxylic acid groups (broad SMARTS) is 1. The van der Waals surface area contributed by atoms with Gasteiger partial charge in [0.2, 0.25) is 5.91 Å². The lowest BCUT2D eigenvalue weighted by molar-refractivity contribution is -0.142. The normalized spacial score (nSPS) is 25.0. The highest BCUT2D eigenvalue weighted by Gasteiger charge is 2.38. The van der Waals surface area contributed by atoms with Crippen LogP contribution in [0.5, 0.6) is 0 Å². The van der Waals surface area contributed by atoms with Crippen molar-refractivity contribution in [3.63, 3.8) is 0 Å². The van der Waals surface area contributed by atoms with Gasteiger partial charge < -0.3 is 20.5 Å². The van der Waals surface area contributed by atoms with Gasteiger partial charge >= 0.3 is 12.1 Å².